The molecule has 3 rings (SSSR count). The van der Waals surface area contributed by atoms with E-state index >= 15 is 0 Å². The van der Waals surface area contributed by atoms with E-state index in [1.54, 1.807) is 30.0 Å². The van der Waals surface area contributed by atoms with Crippen LogP contribution in [0.25, 0.3) is 11.5 Å². The highest BCUT2D eigenvalue weighted by atomic mass is 19.4. The van der Waals surface area contributed by atoms with Crippen LogP contribution in [0.5, 0.6) is 5.75 Å². The summed E-state index contributed by atoms with van der Waals surface area (Å²) in [5, 5.41) is 26.9. The number of benzene rings is 1. The summed E-state index contributed by atoms with van der Waals surface area (Å²) >= 11 is 0. The van der Waals surface area contributed by atoms with Gasteiger partial charge in [-0.1, -0.05) is 52.5 Å². The standard InChI is InChI=1S/C26H27F3N4O4.C2H6/c1-5-8-18(13-17(11-12-30)26(27,28)29)36-21-14-22(35)33(15-25(21,3)4)16(2)23-31-32-24(37-23)19-9-6-7-10-20(19)34;1-2/h5-10,13,16,21,34H,1,11,14-15H2,2-4H3;1-2H3/b17-13+,18-8+;. The Balaban J connectivity index is 0.00000260. The van der Waals surface area contributed by atoms with Crippen LogP contribution in [0, 0.1) is 16.7 Å². The first kappa shape index (κ1) is 31.1. The SMILES string of the molecule is C=C/C=C(\C=C(/CC#N)C(F)(F)F)OC1CC(=O)N(C(C)c2nnc(-c3ccccc3O)o2)CC1(C)C.CC. The summed E-state index contributed by atoms with van der Waals surface area (Å²) in [4.78, 5) is 14.6. The Labute approximate surface area is 226 Å². The minimum absolute atomic E-state index is 0.0265. The molecule has 39 heavy (non-hydrogen) atoms. The Morgan fingerprint density at radius 3 is 2.62 bits per heavy atom. The van der Waals surface area contributed by atoms with Crippen molar-refractivity contribution in [2.45, 2.75) is 65.8 Å². The molecule has 1 aliphatic heterocycles. The number of amides is 1. The van der Waals surface area contributed by atoms with Crippen LogP contribution in [0.1, 0.15) is 59.4 Å². The molecule has 0 spiro atoms. The van der Waals surface area contributed by atoms with Crippen molar-refractivity contribution in [3.8, 4) is 23.3 Å². The Morgan fingerprint density at radius 1 is 1.36 bits per heavy atom. The smallest absolute Gasteiger partial charge is 0.413 e. The highest BCUT2D eigenvalue weighted by molar-refractivity contribution is 5.78. The lowest BCUT2D eigenvalue weighted by atomic mass is 9.80. The van der Waals surface area contributed by atoms with Gasteiger partial charge in [0.2, 0.25) is 11.8 Å². The summed E-state index contributed by atoms with van der Waals surface area (Å²) in [5.41, 5.74) is -1.38. The van der Waals surface area contributed by atoms with Crippen molar-refractivity contribution in [2.75, 3.05) is 6.54 Å². The predicted octanol–water partition coefficient (Wildman–Crippen LogP) is 6.65. The number of allylic oxidation sites excluding steroid dienone is 4. The van der Waals surface area contributed by atoms with Crippen LogP contribution in [0.4, 0.5) is 13.2 Å². The summed E-state index contributed by atoms with van der Waals surface area (Å²) in [6, 6.07) is 7.38. The van der Waals surface area contributed by atoms with Crippen molar-refractivity contribution in [1.82, 2.24) is 15.1 Å². The fourth-order valence-corrected chi connectivity index (χ4v) is 3.93. The number of alkyl halides is 3. The van der Waals surface area contributed by atoms with Crippen molar-refractivity contribution >= 4 is 5.91 Å². The number of ether oxygens (including phenoxy) is 1. The molecule has 1 aromatic carbocycles. The lowest BCUT2D eigenvalue weighted by Gasteiger charge is -2.45. The molecule has 0 bridgehead atoms. The van der Waals surface area contributed by atoms with Gasteiger partial charge in [0.1, 0.15) is 23.7 Å². The van der Waals surface area contributed by atoms with E-state index in [-0.39, 0.29) is 42.2 Å². The van der Waals surface area contributed by atoms with Crippen molar-refractivity contribution in [3.05, 3.63) is 66.3 Å². The van der Waals surface area contributed by atoms with Gasteiger partial charge in [-0.2, -0.15) is 18.4 Å². The third kappa shape index (κ3) is 7.72. The van der Waals surface area contributed by atoms with E-state index in [2.05, 4.69) is 16.8 Å². The zero-order chi connectivity index (χ0) is 29.4. The zero-order valence-electron chi connectivity index (χ0n) is 22.6. The molecule has 1 aliphatic rings. The minimum Gasteiger partial charge on any atom is -0.507 e. The van der Waals surface area contributed by atoms with Crippen LogP contribution < -0.4 is 0 Å². The number of hydrogen-bond acceptors (Lipinski definition) is 7. The molecule has 210 valence electrons. The minimum atomic E-state index is -4.71. The van der Waals surface area contributed by atoms with Gasteiger partial charge >= 0.3 is 6.18 Å². The fourth-order valence-electron chi connectivity index (χ4n) is 3.93. The van der Waals surface area contributed by atoms with Crippen LogP contribution >= 0.6 is 0 Å². The number of carbonyl (C=O) groups excluding carboxylic acids is 1. The van der Waals surface area contributed by atoms with Gasteiger partial charge in [-0.3, -0.25) is 4.79 Å². The number of phenolic OH excluding ortho intramolecular Hbond substituents is 1. The second-order valence-corrected chi connectivity index (χ2v) is 9.27. The number of para-hydroxylation sites is 1. The lowest BCUT2D eigenvalue weighted by Crippen LogP contribution is -2.53. The molecule has 2 atom stereocenters. The topological polar surface area (TPSA) is 112 Å². The number of hydrogen-bond donors (Lipinski definition) is 1. The number of nitriles is 1. The lowest BCUT2D eigenvalue weighted by molar-refractivity contribution is -0.150. The van der Waals surface area contributed by atoms with E-state index in [4.69, 9.17) is 14.4 Å². The first-order valence-electron chi connectivity index (χ1n) is 12.4. The second kappa shape index (κ2) is 13.1. The van der Waals surface area contributed by atoms with E-state index < -0.39 is 35.7 Å². The monoisotopic (exact) mass is 546 g/mol. The molecular formula is C28H33F3N4O4. The molecule has 2 heterocycles. The van der Waals surface area contributed by atoms with Crippen molar-refractivity contribution in [2.24, 2.45) is 5.41 Å². The van der Waals surface area contributed by atoms with Gasteiger partial charge in [-0.15, -0.1) is 10.2 Å². The van der Waals surface area contributed by atoms with Gasteiger partial charge in [0.05, 0.1) is 30.0 Å². The summed E-state index contributed by atoms with van der Waals surface area (Å²) in [6.45, 7) is 13.1. The maximum Gasteiger partial charge on any atom is 0.413 e. The summed E-state index contributed by atoms with van der Waals surface area (Å²) in [7, 11) is 0. The third-order valence-corrected chi connectivity index (χ3v) is 6.04. The summed E-state index contributed by atoms with van der Waals surface area (Å²) < 4.78 is 51.5. The van der Waals surface area contributed by atoms with E-state index in [1.807, 2.05) is 27.7 Å². The first-order chi connectivity index (χ1) is 18.4. The van der Waals surface area contributed by atoms with Crippen LogP contribution in [0.15, 0.2) is 64.8 Å². The Bertz CT molecular complexity index is 1260. The van der Waals surface area contributed by atoms with E-state index in [0.29, 0.717) is 5.56 Å². The van der Waals surface area contributed by atoms with Gasteiger partial charge in [0.25, 0.3) is 5.89 Å². The number of aromatic hydroxyl groups is 1. The van der Waals surface area contributed by atoms with E-state index in [0.717, 1.165) is 6.08 Å². The number of carbonyl (C=O) groups is 1. The number of halogens is 3. The molecule has 1 N–H and O–H groups in total. The first-order valence-corrected chi connectivity index (χ1v) is 12.4. The number of rotatable bonds is 8. The van der Waals surface area contributed by atoms with Crippen molar-refractivity contribution in [1.29, 1.82) is 5.26 Å². The van der Waals surface area contributed by atoms with Crippen molar-refractivity contribution in [3.63, 3.8) is 0 Å². The van der Waals surface area contributed by atoms with E-state index in [9.17, 15) is 23.1 Å². The van der Waals surface area contributed by atoms with Gasteiger partial charge in [0.15, 0.2) is 0 Å². The number of phenols is 1. The predicted molar refractivity (Wildman–Crippen MR) is 139 cm³/mol. The molecule has 0 saturated carbocycles. The molecule has 2 unspecified atom stereocenters. The molecule has 1 fully saturated rings. The van der Waals surface area contributed by atoms with Crippen LogP contribution in [0.2, 0.25) is 0 Å². The van der Waals surface area contributed by atoms with Gasteiger partial charge in [-0.25, -0.2) is 0 Å². The Morgan fingerprint density at radius 2 is 2.03 bits per heavy atom. The molecule has 1 amide bonds. The maximum absolute atomic E-state index is 13.3. The molecule has 2 aromatic rings. The van der Waals surface area contributed by atoms with E-state index in [1.165, 1.54) is 24.3 Å². The van der Waals surface area contributed by atoms with Crippen LogP contribution in [-0.4, -0.2) is 44.9 Å². The van der Waals surface area contributed by atoms with Gasteiger partial charge in [-0.05, 0) is 31.2 Å². The fraction of sp³-hybridized carbons (Fsp3) is 0.429. The molecule has 1 aromatic heterocycles. The molecule has 0 aliphatic carbocycles. The highest BCUT2D eigenvalue weighted by Crippen LogP contribution is 2.39. The highest BCUT2D eigenvalue weighted by Gasteiger charge is 2.44. The normalized spacial score (nSPS) is 18.5. The maximum atomic E-state index is 13.3. The third-order valence-electron chi connectivity index (χ3n) is 6.04. The largest absolute Gasteiger partial charge is 0.507 e. The molecule has 8 nitrogen and oxygen atoms in total. The quantitative estimate of drug-likeness (QED) is 0.291. The number of aromatic nitrogens is 2. The summed E-state index contributed by atoms with van der Waals surface area (Å²) in [5.74, 6) is -0.207. The molecule has 1 saturated heterocycles. The van der Waals surface area contributed by atoms with Gasteiger partial charge in [0, 0.05) is 12.0 Å². The average Bonchev–Trinajstić information content (AvgIpc) is 3.36. The number of likely N-dealkylation sites (tertiary alicyclic amines) is 1. The average molecular weight is 547 g/mol. The number of piperidine rings is 1. The molecule has 0 radical (unpaired) electrons. The Kier molecular flexibility index (Phi) is 10.5. The summed E-state index contributed by atoms with van der Waals surface area (Å²) in [6.07, 6.45) is -3.11. The second-order valence-electron chi connectivity index (χ2n) is 9.27. The molecular weight excluding hydrogens is 513 g/mol. The Hall–Kier alpha value is -4.07. The zero-order valence-corrected chi connectivity index (χ0v) is 22.6. The number of nitrogens with zero attached hydrogens (tertiary/aromatic N) is 4. The van der Waals surface area contributed by atoms with Crippen molar-refractivity contribution < 1.29 is 32.2 Å². The van der Waals surface area contributed by atoms with Crippen LogP contribution in [0.3, 0.4) is 0 Å². The molecule has 11 heteroatoms. The van der Waals surface area contributed by atoms with Crippen LogP contribution in [-0.2, 0) is 9.53 Å². The van der Waals surface area contributed by atoms with Gasteiger partial charge < -0.3 is 19.2 Å².